The first-order chi connectivity index (χ1) is 5.55. The average Bonchev–Trinajstić information content (AvgIpc) is 2.03. The molecule has 0 atom stereocenters. The monoisotopic (exact) mass is 209 g/mol. The zero-order valence-electron chi connectivity index (χ0n) is 6.40. The van der Waals surface area contributed by atoms with Gasteiger partial charge in [0, 0.05) is 0 Å². The number of benzene rings is 1. The Hall–Kier alpha value is 0.130. The topological polar surface area (TPSA) is 54.4 Å². The van der Waals surface area contributed by atoms with Gasteiger partial charge in [0.25, 0.3) is 10.1 Å². The van der Waals surface area contributed by atoms with Gasteiger partial charge in [-0.15, -0.1) is 0 Å². The van der Waals surface area contributed by atoms with Crippen LogP contribution >= 0.6 is 0 Å². The van der Waals surface area contributed by atoms with Crippen molar-refractivity contribution in [2.45, 2.75) is 11.3 Å². The molecule has 0 bridgehead atoms. The molecule has 0 fully saturated rings. The fraction of sp³-hybridized carbons (Fsp3) is 0.125. The average molecular weight is 209 g/mol. The molecule has 1 aromatic carbocycles. The second-order valence-electron chi connectivity index (χ2n) is 2.33. The summed E-state index contributed by atoms with van der Waals surface area (Å²) in [5.74, 6) is 0. The molecule has 0 aromatic heterocycles. The van der Waals surface area contributed by atoms with Crippen molar-refractivity contribution < 1.29 is 13.0 Å². The number of hydrogen-bond acceptors (Lipinski definition) is 2. The van der Waals surface area contributed by atoms with Gasteiger partial charge in [-0.2, -0.15) is 8.42 Å². The van der Waals surface area contributed by atoms with Crippen molar-refractivity contribution in [1.29, 1.82) is 0 Å². The van der Waals surface area contributed by atoms with E-state index in [2.05, 4.69) is 6.92 Å². The second-order valence-corrected chi connectivity index (χ2v) is 3.72. The third kappa shape index (κ3) is 3.40. The first kappa shape index (κ1) is 13.1. The standard InChI is InChI=1S/C8H9O3S.Na.H/c1-2-7-5-3-4-6-8(7)12(9,10)11;;/h3-6H,1-2H2,(H,9,10,11);;. The Bertz CT molecular complexity index is 373. The van der Waals surface area contributed by atoms with Gasteiger partial charge >= 0.3 is 29.6 Å². The molecule has 0 aliphatic heterocycles. The molecule has 67 valence electrons. The first-order valence-corrected chi connectivity index (χ1v) is 4.84. The summed E-state index contributed by atoms with van der Waals surface area (Å²) in [5, 5.41) is 0. The zero-order chi connectivity index (χ0) is 9.19. The van der Waals surface area contributed by atoms with Gasteiger partial charge in [0.2, 0.25) is 0 Å². The summed E-state index contributed by atoms with van der Waals surface area (Å²) in [6, 6.07) is 6.24. The van der Waals surface area contributed by atoms with Gasteiger partial charge in [0.1, 0.15) is 0 Å². The van der Waals surface area contributed by atoms with E-state index in [1.807, 2.05) is 0 Å². The maximum atomic E-state index is 10.7. The minimum atomic E-state index is -4.09. The van der Waals surface area contributed by atoms with Gasteiger partial charge in [-0.25, -0.2) is 0 Å². The molecule has 1 aromatic rings. The molecule has 0 saturated carbocycles. The van der Waals surface area contributed by atoms with Crippen LogP contribution in [0.5, 0.6) is 0 Å². The molecule has 0 heterocycles. The molecule has 1 radical (unpaired) electrons. The summed E-state index contributed by atoms with van der Waals surface area (Å²) in [5.41, 5.74) is 0.528. The summed E-state index contributed by atoms with van der Waals surface area (Å²) in [4.78, 5) is -0.0556. The molecule has 13 heavy (non-hydrogen) atoms. The van der Waals surface area contributed by atoms with Crippen molar-refractivity contribution in [2.24, 2.45) is 0 Å². The summed E-state index contributed by atoms with van der Waals surface area (Å²) in [6.07, 6.45) is 0.343. The number of hydrogen-bond donors (Lipinski definition) is 1. The fourth-order valence-corrected chi connectivity index (χ4v) is 1.71. The van der Waals surface area contributed by atoms with Crippen molar-refractivity contribution in [3.8, 4) is 0 Å². The van der Waals surface area contributed by atoms with E-state index in [4.69, 9.17) is 4.55 Å². The maximum absolute atomic E-state index is 10.7. The van der Waals surface area contributed by atoms with Crippen LogP contribution in [0.3, 0.4) is 0 Å². The van der Waals surface area contributed by atoms with Crippen molar-refractivity contribution in [1.82, 2.24) is 0 Å². The van der Waals surface area contributed by atoms with Gasteiger partial charge in [0.05, 0.1) is 4.90 Å². The van der Waals surface area contributed by atoms with Crippen LogP contribution in [0, 0.1) is 6.92 Å². The van der Waals surface area contributed by atoms with Crippen LogP contribution in [0.2, 0.25) is 0 Å². The van der Waals surface area contributed by atoms with Gasteiger partial charge in [-0.05, 0) is 25.0 Å². The summed E-state index contributed by atoms with van der Waals surface area (Å²) >= 11 is 0. The molecule has 1 rings (SSSR count). The summed E-state index contributed by atoms with van der Waals surface area (Å²) in [6.45, 7) is 3.55. The molecule has 0 aliphatic rings. The number of rotatable bonds is 2. The van der Waals surface area contributed by atoms with Crippen LogP contribution in [0.1, 0.15) is 5.56 Å². The Morgan fingerprint density at radius 1 is 1.31 bits per heavy atom. The molecule has 3 nitrogen and oxygen atoms in total. The molecule has 0 saturated heterocycles. The Balaban J connectivity index is 0.00000144. The predicted octanol–water partition coefficient (Wildman–Crippen LogP) is 0.661. The van der Waals surface area contributed by atoms with E-state index in [1.54, 1.807) is 18.2 Å². The van der Waals surface area contributed by atoms with Crippen LogP contribution in [0.15, 0.2) is 29.2 Å². The Morgan fingerprint density at radius 2 is 1.85 bits per heavy atom. The van der Waals surface area contributed by atoms with Gasteiger partial charge < -0.3 is 0 Å². The molecule has 0 aliphatic carbocycles. The predicted molar refractivity (Wildman–Crippen MR) is 52.5 cm³/mol. The Morgan fingerprint density at radius 3 is 2.23 bits per heavy atom. The summed E-state index contributed by atoms with van der Waals surface area (Å²) in [7, 11) is -4.09. The van der Waals surface area contributed by atoms with Crippen LogP contribution in [-0.2, 0) is 16.5 Å². The van der Waals surface area contributed by atoms with E-state index >= 15 is 0 Å². The molecule has 0 unspecified atom stereocenters. The Labute approximate surface area is 100 Å². The van der Waals surface area contributed by atoms with E-state index < -0.39 is 10.1 Å². The van der Waals surface area contributed by atoms with Crippen molar-refractivity contribution in [3.63, 3.8) is 0 Å². The van der Waals surface area contributed by atoms with Crippen LogP contribution in [0.4, 0.5) is 0 Å². The van der Waals surface area contributed by atoms with Gasteiger partial charge in [-0.1, -0.05) is 18.2 Å². The normalized spacial score (nSPS) is 10.6. The SMILES string of the molecule is [CH2]Cc1ccccc1S(=O)(=O)O.[NaH]. The van der Waals surface area contributed by atoms with E-state index in [-0.39, 0.29) is 34.5 Å². The molecule has 1 N–H and O–H groups in total. The van der Waals surface area contributed by atoms with Crippen molar-refractivity contribution >= 4 is 39.7 Å². The van der Waals surface area contributed by atoms with Crippen LogP contribution < -0.4 is 0 Å². The molecule has 5 heteroatoms. The fourth-order valence-electron chi connectivity index (χ4n) is 0.962. The molecule has 0 spiro atoms. The van der Waals surface area contributed by atoms with Crippen molar-refractivity contribution in [2.75, 3.05) is 0 Å². The van der Waals surface area contributed by atoms with E-state index in [0.29, 0.717) is 12.0 Å². The first-order valence-electron chi connectivity index (χ1n) is 3.40. The van der Waals surface area contributed by atoms with Crippen LogP contribution in [-0.4, -0.2) is 42.5 Å². The second kappa shape index (κ2) is 5.12. The van der Waals surface area contributed by atoms with E-state index in [1.165, 1.54) is 6.07 Å². The van der Waals surface area contributed by atoms with Gasteiger partial charge in [0.15, 0.2) is 0 Å². The molecular weight excluding hydrogens is 199 g/mol. The summed E-state index contributed by atoms with van der Waals surface area (Å²) < 4.78 is 30.2. The van der Waals surface area contributed by atoms with Gasteiger partial charge in [-0.3, -0.25) is 4.55 Å². The van der Waals surface area contributed by atoms with E-state index in [0.717, 1.165) is 0 Å². The quantitative estimate of drug-likeness (QED) is 0.575. The zero-order valence-corrected chi connectivity index (χ0v) is 7.21. The molecule has 0 amide bonds. The molecular formula is C8H10NaO3S. The van der Waals surface area contributed by atoms with Crippen molar-refractivity contribution in [3.05, 3.63) is 36.8 Å². The Kier molecular flexibility index (Phi) is 5.17. The third-order valence-electron chi connectivity index (χ3n) is 1.52. The third-order valence-corrected chi connectivity index (χ3v) is 2.47. The minimum absolute atomic E-state index is 0. The van der Waals surface area contributed by atoms with Crippen LogP contribution in [0.25, 0.3) is 0 Å². The van der Waals surface area contributed by atoms with E-state index in [9.17, 15) is 8.42 Å².